The minimum atomic E-state index is -1.19. The lowest BCUT2D eigenvalue weighted by Gasteiger charge is -2.14. The quantitative estimate of drug-likeness (QED) is 0.716. The molecule has 0 saturated heterocycles. The van der Waals surface area contributed by atoms with Gasteiger partial charge in [-0.1, -0.05) is 0 Å². The predicted molar refractivity (Wildman–Crippen MR) is 65.6 cm³/mol. The molecule has 7 heteroatoms. The number of methoxy groups -OCH3 is 1. The van der Waals surface area contributed by atoms with Crippen molar-refractivity contribution < 1.29 is 24.2 Å². The molecule has 19 heavy (non-hydrogen) atoms. The normalized spacial score (nSPS) is 11.7. The summed E-state index contributed by atoms with van der Waals surface area (Å²) in [7, 11) is 2.90. The molecule has 0 aliphatic heterocycles. The van der Waals surface area contributed by atoms with Gasteiger partial charge in [0.1, 0.15) is 11.7 Å². The number of hydrogen-bond donors (Lipinski definition) is 2. The third kappa shape index (κ3) is 4.13. The van der Waals surface area contributed by atoms with Crippen LogP contribution in [0.2, 0.25) is 0 Å². The average molecular weight is 268 g/mol. The number of aryl methyl sites for hydroxylation is 1. The fraction of sp³-hybridized carbons (Fsp3) is 0.417. The number of esters is 1. The van der Waals surface area contributed by atoms with Crippen LogP contribution in [0, 0.1) is 0 Å². The van der Waals surface area contributed by atoms with Gasteiger partial charge in [0.25, 0.3) is 5.91 Å². The summed E-state index contributed by atoms with van der Waals surface area (Å²) in [6.45, 7) is 0. The van der Waals surface area contributed by atoms with E-state index in [0.29, 0.717) is 5.69 Å². The highest BCUT2D eigenvalue weighted by molar-refractivity contribution is 5.95. The molecule has 0 aromatic carbocycles. The summed E-state index contributed by atoms with van der Waals surface area (Å²) in [4.78, 5) is 33.8. The maximum absolute atomic E-state index is 11.8. The molecule has 1 heterocycles. The molecule has 0 spiro atoms. The fourth-order valence-corrected chi connectivity index (χ4v) is 1.55. The van der Waals surface area contributed by atoms with Crippen LogP contribution in [-0.2, 0) is 21.4 Å². The van der Waals surface area contributed by atoms with Gasteiger partial charge in [-0.15, -0.1) is 0 Å². The van der Waals surface area contributed by atoms with Gasteiger partial charge in [0, 0.05) is 19.7 Å². The monoisotopic (exact) mass is 268 g/mol. The Kier molecular flexibility index (Phi) is 5.11. The third-order valence-electron chi connectivity index (χ3n) is 2.64. The first-order valence-electron chi connectivity index (χ1n) is 5.67. The van der Waals surface area contributed by atoms with Gasteiger partial charge in [-0.2, -0.15) is 0 Å². The van der Waals surface area contributed by atoms with Crippen LogP contribution in [-0.4, -0.2) is 40.7 Å². The molecule has 0 bridgehead atoms. The number of carboxylic acids is 1. The summed E-state index contributed by atoms with van der Waals surface area (Å²) in [6.07, 6.45) is 1.60. The Bertz CT molecular complexity index is 480. The van der Waals surface area contributed by atoms with Crippen LogP contribution in [0.25, 0.3) is 0 Å². The summed E-state index contributed by atoms with van der Waals surface area (Å²) in [5.41, 5.74) is 0.351. The lowest BCUT2D eigenvalue weighted by Crippen LogP contribution is -2.41. The molecule has 0 aliphatic carbocycles. The van der Waals surface area contributed by atoms with E-state index in [0.717, 1.165) is 0 Å². The van der Waals surface area contributed by atoms with Crippen molar-refractivity contribution >= 4 is 17.8 Å². The van der Waals surface area contributed by atoms with E-state index >= 15 is 0 Å². The maximum Gasteiger partial charge on any atom is 0.326 e. The van der Waals surface area contributed by atoms with E-state index in [-0.39, 0.29) is 12.8 Å². The Morgan fingerprint density at radius 2 is 2.16 bits per heavy atom. The summed E-state index contributed by atoms with van der Waals surface area (Å²) in [5.74, 6) is -2.20. The van der Waals surface area contributed by atoms with Gasteiger partial charge < -0.3 is 19.7 Å². The van der Waals surface area contributed by atoms with Gasteiger partial charge in [-0.25, -0.2) is 4.79 Å². The fourth-order valence-electron chi connectivity index (χ4n) is 1.55. The van der Waals surface area contributed by atoms with E-state index in [2.05, 4.69) is 10.1 Å². The summed E-state index contributed by atoms with van der Waals surface area (Å²) in [6, 6.07) is 2.13. The highest BCUT2D eigenvalue weighted by Gasteiger charge is 2.22. The predicted octanol–water partition coefficient (Wildman–Crippen LogP) is 0.161. The number of aromatic nitrogens is 1. The second-order valence-corrected chi connectivity index (χ2v) is 3.98. The molecule has 2 N–H and O–H groups in total. The molecule has 0 saturated carbocycles. The van der Waals surface area contributed by atoms with Crippen LogP contribution in [0.15, 0.2) is 18.3 Å². The molecule has 7 nitrogen and oxygen atoms in total. The molecular weight excluding hydrogens is 252 g/mol. The van der Waals surface area contributed by atoms with Crippen LogP contribution in [0.5, 0.6) is 0 Å². The molecule has 1 atom stereocenters. The van der Waals surface area contributed by atoms with E-state index < -0.39 is 23.9 Å². The number of carboxylic acid groups (broad SMARTS) is 1. The molecule has 1 rings (SSSR count). The lowest BCUT2D eigenvalue weighted by molar-refractivity contribution is -0.142. The molecule has 1 amide bonds. The van der Waals surface area contributed by atoms with E-state index in [4.69, 9.17) is 5.11 Å². The second-order valence-electron chi connectivity index (χ2n) is 3.98. The zero-order valence-corrected chi connectivity index (χ0v) is 10.8. The number of ether oxygens (including phenoxy) is 1. The van der Waals surface area contributed by atoms with Crippen molar-refractivity contribution in [3.05, 3.63) is 24.0 Å². The number of nitrogens with zero attached hydrogens (tertiary/aromatic N) is 1. The van der Waals surface area contributed by atoms with Gasteiger partial charge in [0.2, 0.25) is 0 Å². The molecule has 104 valence electrons. The summed E-state index contributed by atoms with van der Waals surface area (Å²) in [5, 5.41) is 11.4. The molecular formula is C12H16N2O5. The number of carbonyl (C=O) groups is 3. The Hall–Kier alpha value is -2.31. The third-order valence-corrected chi connectivity index (χ3v) is 2.64. The zero-order valence-electron chi connectivity index (χ0n) is 10.8. The largest absolute Gasteiger partial charge is 0.480 e. The van der Waals surface area contributed by atoms with Gasteiger partial charge in [-0.05, 0) is 18.6 Å². The topological polar surface area (TPSA) is 97.6 Å². The van der Waals surface area contributed by atoms with Gasteiger partial charge >= 0.3 is 11.9 Å². The Morgan fingerprint density at radius 1 is 1.47 bits per heavy atom. The molecule has 1 aromatic heterocycles. The zero-order chi connectivity index (χ0) is 14.4. The van der Waals surface area contributed by atoms with Crippen molar-refractivity contribution in [2.24, 2.45) is 7.05 Å². The Balaban J connectivity index is 2.64. The van der Waals surface area contributed by atoms with E-state index in [1.165, 1.54) is 7.11 Å². The van der Waals surface area contributed by atoms with Crippen LogP contribution < -0.4 is 5.32 Å². The number of amides is 1. The van der Waals surface area contributed by atoms with Gasteiger partial charge in [-0.3, -0.25) is 9.59 Å². The minimum absolute atomic E-state index is 0.0157. The smallest absolute Gasteiger partial charge is 0.326 e. The van der Waals surface area contributed by atoms with Gasteiger partial charge in [0.15, 0.2) is 0 Å². The summed E-state index contributed by atoms with van der Waals surface area (Å²) >= 11 is 0. The number of aliphatic carboxylic acids is 1. The second kappa shape index (κ2) is 6.58. The SMILES string of the molecule is COC(=O)CC[C@H](NC(=O)c1cccn1C)C(=O)O. The highest BCUT2D eigenvalue weighted by Crippen LogP contribution is 2.04. The summed E-state index contributed by atoms with van der Waals surface area (Å²) < 4.78 is 6.01. The van der Waals surface area contributed by atoms with Crippen molar-refractivity contribution in [2.75, 3.05) is 7.11 Å². The maximum atomic E-state index is 11.8. The lowest BCUT2D eigenvalue weighted by atomic mass is 10.1. The van der Waals surface area contributed by atoms with Crippen molar-refractivity contribution in [2.45, 2.75) is 18.9 Å². The standard InChI is InChI=1S/C12H16N2O5/c1-14-7-3-4-9(14)11(16)13-8(12(17)18)5-6-10(15)19-2/h3-4,7-8H,5-6H2,1-2H3,(H,13,16)(H,17,18)/t8-/m0/s1. The number of nitrogens with one attached hydrogen (secondary N) is 1. The van der Waals surface area contributed by atoms with Crippen LogP contribution in [0.3, 0.4) is 0 Å². The van der Waals surface area contributed by atoms with Crippen LogP contribution in [0.4, 0.5) is 0 Å². The number of carbonyl (C=O) groups excluding carboxylic acids is 2. The molecule has 0 radical (unpaired) electrons. The minimum Gasteiger partial charge on any atom is -0.480 e. The van der Waals surface area contributed by atoms with Crippen molar-refractivity contribution in [1.29, 1.82) is 0 Å². The van der Waals surface area contributed by atoms with E-state index in [1.54, 1.807) is 29.9 Å². The van der Waals surface area contributed by atoms with Crippen LogP contribution >= 0.6 is 0 Å². The highest BCUT2D eigenvalue weighted by atomic mass is 16.5. The average Bonchev–Trinajstić information content (AvgIpc) is 2.79. The van der Waals surface area contributed by atoms with Crippen LogP contribution in [0.1, 0.15) is 23.3 Å². The van der Waals surface area contributed by atoms with E-state index in [1.807, 2.05) is 0 Å². The van der Waals surface area contributed by atoms with E-state index in [9.17, 15) is 14.4 Å². The first kappa shape index (κ1) is 14.7. The molecule has 1 aromatic rings. The van der Waals surface area contributed by atoms with Crippen molar-refractivity contribution in [3.63, 3.8) is 0 Å². The molecule has 0 aliphatic rings. The first-order valence-corrected chi connectivity index (χ1v) is 5.67. The number of rotatable bonds is 6. The van der Waals surface area contributed by atoms with Gasteiger partial charge in [0.05, 0.1) is 7.11 Å². The first-order chi connectivity index (χ1) is 8.95. The molecule has 0 unspecified atom stereocenters. The Labute approximate surface area is 110 Å². The molecule has 0 fully saturated rings. The Morgan fingerprint density at radius 3 is 2.63 bits per heavy atom. The van der Waals surface area contributed by atoms with Crippen molar-refractivity contribution in [3.8, 4) is 0 Å². The van der Waals surface area contributed by atoms with Crippen molar-refractivity contribution in [1.82, 2.24) is 9.88 Å². The number of hydrogen-bond acceptors (Lipinski definition) is 4.